The Kier molecular flexibility index (Phi) is 4.40. The Hall–Kier alpha value is -0.870. The first-order valence-electron chi connectivity index (χ1n) is 6.29. The molecule has 1 unspecified atom stereocenters. The number of benzene rings is 1. The largest absolute Gasteiger partial charge is 0.326 e. The first kappa shape index (κ1) is 13.6. The molecule has 98 valence electrons. The molecule has 18 heavy (non-hydrogen) atoms. The Bertz CT molecular complexity index is 447. The van der Waals surface area contributed by atoms with Crippen LogP contribution in [-0.4, -0.2) is 30.9 Å². The van der Waals surface area contributed by atoms with E-state index in [1.807, 2.05) is 25.1 Å². The van der Waals surface area contributed by atoms with E-state index in [1.54, 1.807) is 0 Å². The van der Waals surface area contributed by atoms with Crippen molar-refractivity contribution in [2.24, 2.45) is 5.92 Å². The highest BCUT2D eigenvalue weighted by atomic mass is 79.9. The molecule has 1 aromatic carbocycles. The van der Waals surface area contributed by atoms with Crippen LogP contribution in [0.25, 0.3) is 0 Å². The fourth-order valence-electron chi connectivity index (χ4n) is 2.39. The molecule has 1 heterocycles. The Balaban J connectivity index is 1.89. The zero-order valence-corrected chi connectivity index (χ0v) is 12.5. The van der Waals surface area contributed by atoms with E-state index in [0.29, 0.717) is 12.3 Å². The van der Waals surface area contributed by atoms with Gasteiger partial charge in [-0.2, -0.15) is 0 Å². The monoisotopic (exact) mass is 310 g/mol. The van der Waals surface area contributed by atoms with Crippen molar-refractivity contribution >= 4 is 27.5 Å². The molecule has 1 fully saturated rings. The van der Waals surface area contributed by atoms with Crippen LogP contribution in [0.4, 0.5) is 5.69 Å². The first-order chi connectivity index (χ1) is 8.54. The molecule has 1 aliphatic heterocycles. The van der Waals surface area contributed by atoms with Crippen LogP contribution < -0.4 is 5.32 Å². The lowest BCUT2D eigenvalue weighted by Gasteiger charge is -2.11. The number of carbonyl (C=O) groups excluding carboxylic acids is 1. The summed E-state index contributed by atoms with van der Waals surface area (Å²) in [6, 6.07) is 5.88. The summed E-state index contributed by atoms with van der Waals surface area (Å²) in [6.07, 6.45) is 1.75. The molecule has 0 saturated carbocycles. The number of nitrogens with one attached hydrogen (secondary N) is 1. The molecule has 0 aromatic heterocycles. The van der Waals surface area contributed by atoms with Crippen molar-refractivity contribution < 1.29 is 4.79 Å². The summed E-state index contributed by atoms with van der Waals surface area (Å²) in [5, 5.41) is 2.97. The maximum absolute atomic E-state index is 11.9. The van der Waals surface area contributed by atoms with Gasteiger partial charge in [0.15, 0.2) is 0 Å². The lowest BCUT2D eigenvalue weighted by molar-refractivity contribution is -0.117. The Morgan fingerprint density at radius 2 is 2.33 bits per heavy atom. The second kappa shape index (κ2) is 5.85. The normalized spacial score (nSPS) is 20.1. The number of nitrogens with zero attached hydrogens (tertiary/aromatic N) is 1. The lowest BCUT2D eigenvalue weighted by atomic mass is 10.0. The Labute approximate surface area is 117 Å². The topological polar surface area (TPSA) is 32.3 Å². The number of halogens is 1. The molecular formula is C14H19BrN2O. The van der Waals surface area contributed by atoms with Gasteiger partial charge in [-0.25, -0.2) is 0 Å². The minimum atomic E-state index is 0.122. The van der Waals surface area contributed by atoms with Crippen molar-refractivity contribution in [3.05, 3.63) is 28.2 Å². The average Bonchev–Trinajstić information content (AvgIpc) is 2.69. The van der Waals surface area contributed by atoms with E-state index in [4.69, 9.17) is 0 Å². The van der Waals surface area contributed by atoms with Gasteiger partial charge in [-0.05, 0) is 56.6 Å². The summed E-state index contributed by atoms with van der Waals surface area (Å²) in [6.45, 7) is 4.16. The van der Waals surface area contributed by atoms with E-state index >= 15 is 0 Å². The number of hydrogen-bond acceptors (Lipinski definition) is 2. The van der Waals surface area contributed by atoms with Gasteiger partial charge < -0.3 is 10.2 Å². The first-order valence-corrected chi connectivity index (χ1v) is 7.08. The van der Waals surface area contributed by atoms with Crippen molar-refractivity contribution in [3.63, 3.8) is 0 Å². The van der Waals surface area contributed by atoms with Gasteiger partial charge in [0, 0.05) is 23.1 Å². The number of aryl methyl sites for hydroxylation is 1. The van der Waals surface area contributed by atoms with Crippen molar-refractivity contribution in [1.82, 2.24) is 4.90 Å². The highest BCUT2D eigenvalue weighted by molar-refractivity contribution is 9.10. The summed E-state index contributed by atoms with van der Waals surface area (Å²) in [4.78, 5) is 14.2. The molecule has 1 N–H and O–H groups in total. The highest BCUT2D eigenvalue weighted by Crippen LogP contribution is 2.22. The van der Waals surface area contributed by atoms with Gasteiger partial charge in [-0.1, -0.05) is 15.9 Å². The summed E-state index contributed by atoms with van der Waals surface area (Å²) >= 11 is 3.45. The predicted molar refractivity (Wildman–Crippen MR) is 77.7 cm³/mol. The molecule has 2 rings (SSSR count). The maximum Gasteiger partial charge on any atom is 0.224 e. The van der Waals surface area contributed by atoms with Gasteiger partial charge in [0.1, 0.15) is 0 Å². The van der Waals surface area contributed by atoms with Gasteiger partial charge in [-0.3, -0.25) is 4.79 Å². The average molecular weight is 311 g/mol. The van der Waals surface area contributed by atoms with E-state index in [1.165, 1.54) is 0 Å². The summed E-state index contributed by atoms with van der Waals surface area (Å²) in [5.41, 5.74) is 2.01. The third kappa shape index (κ3) is 3.56. The summed E-state index contributed by atoms with van der Waals surface area (Å²) in [5.74, 6) is 0.628. The zero-order valence-electron chi connectivity index (χ0n) is 10.9. The standard InChI is InChI=1S/C14H19BrN2O/c1-10-7-12(3-4-13(10)15)16-14(18)8-11-5-6-17(2)9-11/h3-4,7,11H,5-6,8-9H2,1-2H3,(H,16,18). The Morgan fingerprint density at radius 3 is 2.94 bits per heavy atom. The van der Waals surface area contributed by atoms with Crippen molar-refractivity contribution in [2.45, 2.75) is 19.8 Å². The van der Waals surface area contributed by atoms with Gasteiger partial charge in [0.05, 0.1) is 0 Å². The molecule has 1 aromatic rings. The molecule has 0 bridgehead atoms. The maximum atomic E-state index is 11.9. The zero-order chi connectivity index (χ0) is 13.1. The quantitative estimate of drug-likeness (QED) is 0.930. The molecule has 0 radical (unpaired) electrons. The van der Waals surface area contributed by atoms with Gasteiger partial charge in [0.2, 0.25) is 5.91 Å². The number of carbonyl (C=O) groups is 1. The second-order valence-corrected chi connectivity index (χ2v) is 5.99. The predicted octanol–water partition coefficient (Wildman–Crippen LogP) is 3.04. The molecular weight excluding hydrogens is 292 g/mol. The number of likely N-dealkylation sites (tertiary alicyclic amines) is 1. The van der Waals surface area contributed by atoms with Crippen LogP contribution >= 0.6 is 15.9 Å². The smallest absolute Gasteiger partial charge is 0.224 e. The van der Waals surface area contributed by atoms with Gasteiger partial charge in [-0.15, -0.1) is 0 Å². The van der Waals surface area contributed by atoms with Crippen LogP contribution in [0, 0.1) is 12.8 Å². The van der Waals surface area contributed by atoms with Gasteiger partial charge in [0.25, 0.3) is 0 Å². The van der Waals surface area contributed by atoms with Crippen LogP contribution in [0.3, 0.4) is 0 Å². The highest BCUT2D eigenvalue weighted by Gasteiger charge is 2.21. The Morgan fingerprint density at radius 1 is 1.56 bits per heavy atom. The third-order valence-electron chi connectivity index (χ3n) is 3.40. The third-order valence-corrected chi connectivity index (χ3v) is 4.29. The molecule has 4 heteroatoms. The fourth-order valence-corrected chi connectivity index (χ4v) is 2.64. The van der Waals surface area contributed by atoms with E-state index < -0.39 is 0 Å². The van der Waals surface area contributed by atoms with Crippen LogP contribution in [0.1, 0.15) is 18.4 Å². The van der Waals surface area contributed by atoms with E-state index in [-0.39, 0.29) is 5.91 Å². The van der Waals surface area contributed by atoms with Crippen molar-refractivity contribution in [2.75, 3.05) is 25.5 Å². The van der Waals surface area contributed by atoms with Crippen LogP contribution in [0.2, 0.25) is 0 Å². The summed E-state index contributed by atoms with van der Waals surface area (Å²) < 4.78 is 1.07. The lowest BCUT2D eigenvalue weighted by Crippen LogP contribution is -2.19. The molecule has 1 atom stereocenters. The summed E-state index contributed by atoms with van der Waals surface area (Å²) in [7, 11) is 2.11. The molecule has 3 nitrogen and oxygen atoms in total. The fraction of sp³-hybridized carbons (Fsp3) is 0.500. The van der Waals surface area contributed by atoms with Gasteiger partial charge >= 0.3 is 0 Å². The molecule has 0 spiro atoms. The molecule has 0 aliphatic carbocycles. The molecule has 1 aliphatic rings. The molecule has 1 saturated heterocycles. The van der Waals surface area contributed by atoms with E-state index in [9.17, 15) is 4.79 Å². The van der Waals surface area contributed by atoms with Crippen LogP contribution in [-0.2, 0) is 4.79 Å². The minimum absolute atomic E-state index is 0.122. The van der Waals surface area contributed by atoms with E-state index in [0.717, 1.165) is 35.2 Å². The number of anilines is 1. The second-order valence-electron chi connectivity index (χ2n) is 5.13. The SMILES string of the molecule is Cc1cc(NC(=O)CC2CCN(C)C2)ccc1Br. The number of rotatable bonds is 3. The molecule has 1 amide bonds. The van der Waals surface area contributed by atoms with Crippen LogP contribution in [0.5, 0.6) is 0 Å². The van der Waals surface area contributed by atoms with E-state index in [2.05, 4.69) is 33.2 Å². The van der Waals surface area contributed by atoms with Crippen molar-refractivity contribution in [3.8, 4) is 0 Å². The van der Waals surface area contributed by atoms with Crippen molar-refractivity contribution in [1.29, 1.82) is 0 Å². The van der Waals surface area contributed by atoms with Crippen LogP contribution in [0.15, 0.2) is 22.7 Å². The number of hydrogen-bond donors (Lipinski definition) is 1. The number of amides is 1. The minimum Gasteiger partial charge on any atom is -0.326 e.